The van der Waals surface area contributed by atoms with Gasteiger partial charge in [-0.2, -0.15) is 0 Å². The lowest BCUT2D eigenvalue weighted by Gasteiger charge is -2.05. The van der Waals surface area contributed by atoms with E-state index >= 15 is 0 Å². The standard InChI is InChI=1S/C18H14Cl2N2O2/c19-13-6-2-1-5-12(13)16-11-21-18(24-16)10-9-17(23)22-15-8-4-3-7-14(15)20/h1-8,11H,9-10H2,(H,22,23). The summed E-state index contributed by atoms with van der Waals surface area (Å²) in [6, 6.07) is 14.5. The summed E-state index contributed by atoms with van der Waals surface area (Å²) in [6.45, 7) is 0. The molecule has 2 aromatic carbocycles. The van der Waals surface area contributed by atoms with Crippen molar-refractivity contribution in [3.63, 3.8) is 0 Å². The van der Waals surface area contributed by atoms with E-state index < -0.39 is 0 Å². The third kappa shape index (κ3) is 3.96. The number of aryl methyl sites for hydroxylation is 1. The number of hydrogen-bond acceptors (Lipinski definition) is 3. The molecule has 0 fully saturated rings. The zero-order chi connectivity index (χ0) is 16.9. The van der Waals surface area contributed by atoms with Crippen LogP contribution in [-0.4, -0.2) is 10.9 Å². The van der Waals surface area contributed by atoms with Crippen LogP contribution in [0.5, 0.6) is 0 Å². The van der Waals surface area contributed by atoms with Crippen molar-refractivity contribution in [2.24, 2.45) is 0 Å². The normalized spacial score (nSPS) is 10.6. The van der Waals surface area contributed by atoms with Gasteiger partial charge in [-0.1, -0.05) is 47.5 Å². The van der Waals surface area contributed by atoms with E-state index in [9.17, 15) is 4.79 Å². The molecule has 0 aliphatic heterocycles. The summed E-state index contributed by atoms with van der Waals surface area (Å²) in [5.74, 6) is 0.918. The molecule has 0 spiro atoms. The Balaban J connectivity index is 1.61. The average molecular weight is 361 g/mol. The van der Waals surface area contributed by atoms with E-state index in [1.54, 1.807) is 30.5 Å². The third-order valence-corrected chi connectivity index (χ3v) is 4.07. The molecule has 0 atom stereocenters. The lowest BCUT2D eigenvalue weighted by Crippen LogP contribution is -2.12. The van der Waals surface area contributed by atoms with Crippen molar-refractivity contribution in [2.75, 3.05) is 5.32 Å². The Morgan fingerprint density at radius 1 is 1.04 bits per heavy atom. The van der Waals surface area contributed by atoms with Crippen LogP contribution in [0.25, 0.3) is 11.3 Å². The van der Waals surface area contributed by atoms with Gasteiger partial charge < -0.3 is 9.73 Å². The third-order valence-electron chi connectivity index (χ3n) is 3.41. The van der Waals surface area contributed by atoms with Crippen LogP contribution in [0.1, 0.15) is 12.3 Å². The molecule has 0 unspecified atom stereocenters. The van der Waals surface area contributed by atoms with Crippen molar-refractivity contribution in [3.8, 4) is 11.3 Å². The molecule has 0 aliphatic rings. The van der Waals surface area contributed by atoms with Gasteiger partial charge in [-0.3, -0.25) is 4.79 Å². The second-order valence-corrected chi connectivity index (χ2v) is 5.94. The maximum absolute atomic E-state index is 12.0. The molecule has 122 valence electrons. The molecular weight excluding hydrogens is 347 g/mol. The molecule has 0 radical (unpaired) electrons. The highest BCUT2D eigenvalue weighted by atomic mass is 35.5. The number of nitrogens with zero attached hydrogens (tertiary/aromatic N) is 1. The lowest BCUT2D eigenvalue weighted by atomic mass is 10.2. The summed E-state index contributed by atoms with van der Waals surface area (Å²) in [4.78, 5) is 16.2. The van der Waals surface area contributed by atoms with Gasteiger partial charge in [-0.15, -0.1) is 0 Å². The first-order chi connectivity index (χ1) is 11.6. The number of carbonyl (C=O) groups is 1. The molecule has 1 N–H and O–H groups in total. The number of amides is 1. The number of nitrogens with one attached hydrogen (secondary N) is 1. The van der Waals surface area contributed by atoms with E-state index in [2.05, 4.69) is 10.3 Å². The number of hydrogen-bond donors (Lipinski definition) is 1. The predicted octanol–water partition coefficient (Wildman–Crippen LogP) is 5.22. The first-order valence-electron chi connectivity index (χ1n) is 7.37. The van der Waals surface area contributed by atoms with Crippen molar-refractivity contribution in [1.29, 1.82) is 0 Å². The minimum absolute atomic E-state index is 0.152. The lowest BCUT2D eigenvalue weighted by molar-refractivity contribution is -0.116. The van der Waals surface area contributed by atoms with E-state index in [0.717, 1.165) is 5.56 Å². The van der Waals surface area contributed by atoms with Crippen LogP contribution in [0.3, 0.4) is 0 Å². The number of aromatic nitrogens is 1. The molecule has 24 heavy (non-hydrogen) atoms. The van der Waals surface area contributed by atoms with E-state index in [4.69, 9.17) is 27.6 Å². The number of oxazole rings is 1. The molecular formula is C18H14Cl2N2O2. The monoisotopic (exact) mass is 360 g/mol. The molecule has 0 saturated heterocycles. The first kappa shape index (κ1) is 16.6. The fourth-order valence-corrected chi connectivity index (χ4v) is 2.62. The number of benzene rings is 2. The molecule has 0 bridgehead atoms. The molecule has 1 aromatic heterocycles. The largest absolute Gasteiger partial charge is 0.441 e. The van der Waals surface area contributed by atoms with Crippen molar-refractivity contribution in [1.82, 2.24) is 4.98 Å². The summed E-state index contributed by atoms with van der Waals surface area (Å²) in [5, 5.41) is 3.86. The summed E-state index contributed by atoms with van der Waals surface area (Å²) in [7, 11) is 0. The van der Waals surface area contributed by atoms with Crippen molar-refractivity contribution >= 4 is 34.8 Å². The van der Waals surface area contributed by atoms with Crippen molar-refractivity contribution in [3.05, 3.63) is 70.7 Å². The highest BCUT2D eigenvalue weighted by Crippen LogP contribution is 2.28. The van der Waals surface area contributed by atoms with E-state index in [0.29, 0.717) is 33.8 Å². The van der Waals surface area contributed by atoms with Gasteiger partial charge in [0.2, 0.25) is 5.91 Å². The molecule has 1 heterocycles. The molecule has 3 rings (SSSR count). The van der Waals surface area contributed by atoms with Gasteiger partial charge in [0, 0.05) is 18.4 Å². The van der Waals surface area contributed by atoms with Crippen LogP contribution in [-0.2, 0) is 11.2 Å². The number of anilines is 1. The smallest absolute Gasteiger partial charge is 0.224 e. The van der Waals surface area contributed by atoms with Crippen LogP contribution >= 0.6 is 23.2 Å². The predicted molar refractivity (Wildman–Crippen MR) is 95.4 cm³/mol. The summed E-state index contributed by atoms with van der Waals surface area (Å²) >= 11 is 12.1. The zero-order valence-corrected chi connectivity index (χ0v) is 14.1. The Labute approximate surface area is 149 Å². The van der Waals surface area contributed by atoms with Crippen LogP contribution in [0, 0.1) is 0 Å². The number of halogens is 2. The van der Waals surface area contributed by atoms with Crippen LogP contribution < -0.4 is 5.32 Å². The Bertz CT molecular complexity index is 861. The summed E-state index contributed by atoms with van der Waals surface area (Å²) in [5.41, 5.74) is 1.37. The van der Waals surface area contributed by atoms with Gasteiger partial charge >= 0.3 is 0 Å². The minimum atomic E-state index is -0.152. The number of carbonyl (C=O) groups excluding carboxylic acids is 1. The zero-order valence-electron chi connectivity index (χ0n) is 12.6. The Morgan fingerprint density at radius 3 is 2.50 bits per heavy atom. The van der Waals surface area contributed by atoms with E-state index in [1.165, 1.54) is 0 Å². The molecule has 0 saturated carbocycles. The van der Waals surface area contributed by atoms with Gasteiger partial charge in [0.25, 0.3) is 0 Å². The first-order valence-corrected chi connectivity index (χ1v) is 8.13. The van der Waals surface area contributed by atoms with E-state index in [1.807, 2.05) is 24.3 Å². The summed E-state index contributed by atoms with van der Waals surface area (Å²) in [6.07, 6.45) is 2.25. The quantitative estimate of drug-likeness (QED) is 0.678. The van der Waals surface area contributed by atoms with Crippen LogP contribution in [0.4, 0.5) is 5.69 Å². The average Bonchev–Trinajstić information content (AvgIpc) is 3.04. The molecule has 0 aliphatic carbocycles. The Hall–Kier alpha value is -2.30. The van der Waals surface area contributed by atoms with Gasteiger partial charge in [-0.05, 0) is 24.3 Å². The second kappa shape index (κ2) is 7.51. The van der Waals surface area contributed by atoms with Gasteiger partial charge in [0.05, 0.1) is 21.9 Å². The fraction of sp³-hybridized carbons (Fsp3) is 0.111. The second-order valence-electron chi connectivity index (χ2n) is 5.13. The van der Waals surface area contributed by atoms with Crippen molar-refractivity contribution < 1.29 is 9.21 Å². The van der Waals surface area contributed by atoms with Gasteiger partial charge in [0.1, 0.15) is 0 Å². The van der Waals surface area contributed by atoms with Crippen LogP contribution in [0.2, 0.25) is 10.0 Å². The highest BCUT2D eigenvalue weighted by Gasteiger charge is 2.11. The fourth-order valence-electron chi connectivity index (χ4n) is 2.21. The minimum Gasteiger partial charge on any atom is -0.441 e. The Kier molecular flexibility index (Phi) is 5.18. The SMILES string of the molecule is O=C(CCc1ncc(-c2ccccc2Cl)o1)Nc1ccccc1Cl. The molecule has 6 heteroatoms. The number of para-hydroxylation sites is 1. The molecule has 4 nitrogen and oxygen atoms in total. The number of rotatable bonds is 5. The summed E-state index contributed by atoms with van der Waals surface area (Å²) < 4.78 is 5.67. The highest BCUT2D eigenvalue weighted by molar-refractivity contribution is 6.33. The molecule has 3 aromatic rings. The maximum Gasteiger partial charge on any atom is 0.224 e. The van der Waals surface area contributed by atoms with Gasteiger partial charge in [0.15, 0.2) is 11.7 Å². The van der Waals surface area contributed by atoms with E-state index in [-0.39, 0.29) is 12.3 Å². The van der Waals surface area contributed by atoms with Gasteiger partial charge in [-0.25, -0.2) is 4.98 Å². The Morgan fingerprint density at radius 2 is 1.75 bits per heavy atom. The maximum atomic E-state index is 12.0. The van der Waals surface area contributed by atoms with Crippen LogP contribution in [0.15, 0.2) is 59.1 Å². The topological polar surface area (TPSA) is 55.1 Å². The molecule has 1 amide bonds. The van der Waals surface area contributed by atoms with Crippen molar-refractivity contribution in [2.45, 2.75) is 12.8 Å².